The molecule has 0 fully saturated rings. The minimum absolute atomic E-state index is 0.215. The minimum atomic E-state index is -0.851. The zero-order valence-electron chi connectivity index (χ0n) is 9.45. The molecule has 0 aliphatic carbocycles. The third kappa shape index (κ3) is 3.44. The summed E-state index contributed by atoms with van der Waals surface area (Å²) < 4.78 is 12.8. The Hall–Kier alpha value is -0.640. The predicted molar refractivity (Wildman–Crippen MR) is 63.8 cm³/mol. The monoisotopic (exact) mass is 245 g/mol. The van der Waals surface area contributed by atoms with Gasteiger partial charge in [-0.3, -0.25) is 0 Å². The van der Waals surface area contributed by atoms with E-state index < -0.39 is 11.9 Å². The van der Waals surface area contributed by atoms with Crippen LogP contribution >= 0.6 is 11.6 Å². The van der Waals surface area contributed by atoms with Crippen LogP contribution in [0.4, 0.5) is 4.39 Å². The third-order valence-electron chi connectivity index (χ3n) is 2.43. The van der Waals surface area contributed by atoms with Crippen molar-refractivity contribution in [2.24, 2.45) is 11.7 Å². The molecule has 1 aromatic rings. The molecule has 0 aliphatic rings. The average molecular weight is 246 g/mol. The Kier molecular flexibility index (Phi) is 4.71. The summed E-state index contributed by atoms with van der Waals surface area (Å²) >= 11 is 5.85. The second-order valence-corrected chi connectivity index (χ2v) is 4.81. The van der Waals surface area contributed by atoms with Gasteiger partial charge in [-0.05, 0) is 24.5 Å². The van der Waals surface area contributed by atoms with E-state index in [2.05, 4.69) is 0 Å². The summed E-state index contributed by atoms with van der Waals surface area (Å²) in [6, 6.07) is 3.54. The van der Waals surface area contributed by atoms with Crippen LogP contribution in [0.5, 0.6) is 0 Å². The highest BCUT2D eigenvalue weighted by atomic mass is 35.5. The zero-order valence-corrected chi connectivity index (χ0v) is 10.2. The maximum atomic E-state index is 12.8. The van der Waals surface area contributed by atoms with Crippen molar-refractivity contribution in [3.8, 4) is 0 Å². The highest BCUT2D eigenvalue weighted by Gasteiger charge is 2.20. The predicted octanol–water partition coefficient (Wildman–Crippen LogP) is 2.89. The van der Waals surface area contributed by atoms with Crippen LogP contribution < -0.4 is 5.73 Å². The maximum absolute atomic E-state index is 12.8. The first-order valence-corrected chi connectivity index (χ1v) is 5.68. The van der Waals surface area contributed by atoms with Crippen LogP contribution in [0.3, 0.4) is 0 Å². The van der Waals surface area contributed by atoms with Crippen LogP contribution in [0.2, 0.25) is 5.02 Å². The molecule has 1 aromatic carbocycles. The summed E-state index contributed by atoms with van der Waals surface area (Å²) in [6.07, 6.45) is -0.162. The summed E-state index contributed by atoms with van der Waals surface area (Å²) in [5, 5.41) is 10.2. The van der Waals surface area contributed by atoms with Crippen LogP contribution in [0.1, 0.15) is 31.9 Å². The SMILES string of the molecule is CC(C)CC(N)C(O)c1ccc(F)cc1Cl. The standard InChI is InChI=1S/C12H17ClFNO/c1-7(2)5-11(15)12(16)9-4-3-8(14)6-10(9)13/h3-4,6-7,11-12,16H,5,15H2,1-2H3. The molecule has 1 rings (SSSR count). The number of hydrogen-bond donors (Lipinski definition) is 2. The lowest BCUT2D eigenvalue weighted by molar-refractivity contribution is 0.136. The van der Waals surface area contributed by atoms with Crippen molar-refractivity contribution in [3.05, 3.63) is 34.6 Å². The fourth-order valence-corrected chi connectivity index (χ4v) is 1.92. The summed E-state index contributed by atoms with van der Waals surface area (Å²) in [7, 11) is 0. The van der Waals surface area contributed by atoms with E-state index in [1.54, 1.807) is 0 Å². The first-order chi connectivity index (χ1) is 7.41. The van der Waals surface area contributed by atoms with Crippen LogP contribution in [0.15, 0.2) is 18.2 Å². The lowest BCUT2D eigenvalue weighted by Crippen LogP contribution is -2.30. The lowest BCUT2D eigenvalue weighted by atomic mass is 9.95. The summed E-state index contributed by atoms with van der Waals surface area (Å²) in [6.45, 7) is 4.05. The molecule has 0 amide bonds. The van der Waals surface area contributed by atoms with Gasteiger partial charge in [0.05, 0.1) is 6.10 Å². The van der Waals surface area contributed by atoms with Gasteiger partial charge in [0.1, 0.15) is 5.82 Å². The van der Waals surface area contributed by atoms with E-state index in [4.69, 9.17) is 17.3 Å². The molecule has 0 bridgehead atoms. The Bertz CT molecular complexity index is 357. The van der Waals surface area contributed by atoms with E-state index in [0.29, 0.717) is 17.9 Å². The molecule has 2 atom stereocenters. The normalized spacial score (nSPS) is 15.2. The largest absolute Gasteiger partial charge is 0.387 e. The molecule has 0 aliphatic heterocycles. The van der Waals surface area contributed by atoms with Gasteiger partial charge in [-0.25, -0.2) is 4.39 Å². The quantitative estimate of drug-likeness (QED) is 0.857. The van der Waals surface area contributed by atoms with Gasteiger partial charge in [-0.15, -0.1) is 0 Å². The third-order valence-corrected chi connectivity index (χ3v) is 2.76. The fraction of sp³-hybridized carbons (Fsp3) is 0.500. The van der Waals surface area contributed by atoms with E-state index in [0.717, 1.165) is 0 Å². The molecule has 4 heteroatoms. The number of benzene rings is 1. The van der Waals surface area contributed by atoms with Gasteiger partial charge < -0.3 is 10.8 Å². The molecule has 0 heterocycles. The fourth-order valence-electron chi connectivity index (χ4n) is 1.65. The van der Waals surface area contributed by atoms with Crippen molar-refractivity contribution in [1.82, 2.24) is 0 Å². The zero-order chi connectivity index (χ0) is 12.3. The molecule has 0 spiro atoms. The first kappa shape index (κ1) is 13.4. The van der Waals surface area contributed by atoms with Crippen LogP contribution in [0, 0.1) is 11.7 Å². The minimum Gasteiger partial charge on any atom is -0.387 e. The smallest absolute Gasteiger partial charge is 0.124 e. The van der Waals surface area contributed by atoms with E-state index in [1.807, 2.05) is 13.8 Å². The number of aliphatic hydroxyl groups excluding tert-OH is 1. The van der Waals surface area contributed by atoms with Gasteiger partial charge in [0.2, 0.25) is 0 Å². The number of aliphatic hydroxyl groups is 1. The number of nitrogens with two attached hydrogens (primary N) is 1. The highest BCUT2D eigenvalue weighted by molar-refractivity contribution is 6.31. The molecule has 0 aromatic heterocycles. The summed E-state index contributed by atoms with van der Waals surface area (Å²) in [5.74, 6) is -0.0257. The van der Waals surface area contributed by atoms with Gasteiger partial charge in [-0.1, -0.05) is 31.5 Å². The topological polar surface area (TPSA) is 46.2 Å². The van der Waals surface area contributed by atoms with Crippen molar-refractivity contribution in [2.75, 3.05) is 0 Å². The van der Waals surface area contributed by atoms with E-state index in [1.165, 1.54) is 18.2 Å². The molecule has 0 saturated heterocycles. The first-order valence-electron chi connectivity index (χ1n) is 5.30. The Morgan fingerprint density at radius 1 is 1.44 bits per heavy atom. The average Bonchev–Trinajstić information content (AvgIpc) is 2.15. The van der Waals surface area contributed by atoms with E-state index in [9.17, 15) is 9.50 Å². The summed E-state index contributed by atoms with van der Waals surface area (Å²) in [5.41, 5.74) is 6.34. The second-order valence-electron chi connectivity index (χ2n) is 4.40. The van der Waals surface area contributed by atoms with Crippen LogP contribution in [-0.2, 0) is 0 Å². The summed E-state index contributed by atoms with van der Waals surface area (Å²) in [4.78, 5) is 0. The highest BCUT2D eigenvalue weighted by Crippen LogP contribution is 2.27. The van der Waals surface area contributed by atoms with Gasteiger partial charge in [0.15, 0.2) is 0 Å². The molecular weight excluding hydrogens is 229 g/mol. The molecule has 16 heavy (non-hydrogen) atoms. The van der Waals surface area contributed by atoms with Crippen molar-refractivity contribution in [1.29, 1.82) is 0 Å². The molecule has 90 valence electrons. The van der Waals surface area contributed by atoms with Gasteiger partial charge in [0.25, 0.3) is 0 Å². The Labute approximate surface area is 100 Å². The number of hydrogen-bond acceptors (Lipinski definition) is 2. The van der Waals surface area contributed by atoms with Crippen molar-refractivity contribution >= 4 is 11.6 Å². The maximum Gasteiger partial charge on any atom is 0.124 e. The van der Waals surface area contributed by atoms with Gasteiger partial charge in [-0.2, -0.15) is 0 Å². The molecule has 3 N–H and O–H groups in total. The van der Waals surface area contributed by atoms with Crippen molar-refractivity contribution < 1.29 is 9.50 Å². The Balaban J connectivity index is 2.83. The Morgan fingerprint density at radius 2 is 2.06 bits per heavy atom. The molecule has 2 unspecified atom stereocenters. The Morgan fingerprint density at radius 3 is 2.56 bits per heavy atom. The molecule has 0 saturated carbocycles. The van der Waals surface area contributed by atoms with Gasteiger partial charge >= 0.3 is 0 Å². The van der Waals surface area contributed by atoms with Gasteiger partial charge in [0, 0.05) is 16.6 Å². The van der Waals surface area contributed by atoms with E-state index >= 15 is 0 Å². The van der Waals surface area contributed by atoms with E-state index in [-0.39, 0.29) is 11.1 Å². The molecule has 0 radical (unpaired) electrons. The van der Waals surface area contributed by atoms with Crippen molar-refractivity contribution in [2.45, 2.75) is 32.4 Å². The van der Waals surface area contributed by atoms with Crippen LogP contribution in [-0.4, -0.2) is 11.1 Å². The number of rotatable bonds is 4. The second kappa shape index (κ2) is 5.62. The molecule has 2 nitrogen and oxygen atoms in total. The number of halogens is 2. The lowest BCUT2D eigenvalue weighted by Gasteiger charge is -2.21. The van der Waals surface area contributed by atoms with Crippen LogP contribution in [0.25, 0.3) is 0 Å². The molecular formula is C12H17ClFNO. The van der Waals surface area contributed by atoms with Crippen molar-refractivity contribution in [3.63, 3.8) is 0 Å².